The van der Waals surface area contributed by atoms with Gasteiger partial charge in [0.25, 0.3) is 10.0 Å². The minimum atomic E-state index is -4.13. The van der Waals surface area contributed by atoms with Crippen LogP contribution in [0, 0.1) is 0 Å². The summed E-state index contributed by atoms with van der Waals surface area (Å²) in [5.41, 5.74) is 0.110. The molecule has 0 fully saturated rings. The van der Waals surface area contributed by atoms with Crippen LogP contribution >= 0.6 is 0 Å². The number of nitrogens with zero attached hydrogens (tertiary/aromatic N) is 1. The zero-order valence-corrected chi connectivity index (χ0v) is 21.9. The van der Waals surface area contributed by atoms with E-state index in [9.17, 15) is 18.3 Å². The fraction of sp³-hybridized carbons (Fsp3) is 0.480. The van der Waals surface area contributed by atoms with Gasteiger partial charge < -0.3 is 19.9 Å². The van der Waals surface area contributed by atoms with Crippen LogP contribution in [0.2, 0.25) is 0 Å². The number of amides is 1. The number of carbonyl (C=O) groups excluding carboxylic acids is 1. The van der Waals surface area contributed by atoms with Gasteiger partial charge in [0.1, 0.15) is 11.4 Å². The summed E-state index contributed by atoms with van der Waals surface area (Å²) in [6.45, 7) is 8.14. The normalized spacial score (nSPS) is 14.0. The number of hydroxylamine groups is 1. The number of nitrogens with one attached hydrogen (secondary N) is 1. The summed E-state index contributed by atoms with van der Waals surface area (Å²) in [6.07, 6.45) is -2.26. The van der Waals surface area contributed by atoms with Gasteiger partial charge in [-0.25, -0.2) is 13.2 Å². The van der Waals surface area contributed by atoms with Crippen LogP contribution in [0.4, 0.5) is 4.79 Å². The lowest BCUT2D eigenvalue weighted by Crippen LogP contribution is -2.51. The number of aliphatic hydroxyl groups is 1. The zero-order valence-electron chi connectivity index (χ0n) is 21.1. The molecule has 0 bridgehead atoms. The van der Waals surface area contributed by atoms with Gasteiger partial charge in [0, 0.05) is 0 Å². The summed E-state index contributed by atoms with van der Waals surface area (Å²) in [6, 6.07) is 14.3. The monoisotopic (exact) mass is 508 g/mol. The van der Waals surface area contributed by atoms with Crippen LogP contribution in [0.1, 0.15) is 40.2 Å². The molecule has 2 N–H and O–H groups in total. The van der Waals surface area contributed by atoms with Crippen LogP contribution in [0.25, 0.3) is 0 Å². The number of rotatable bonds is 11. The molecule has 0 spiro atoms. The van der Waals surface area contributed by atoms with Crippen LogP contribution in [0.3, 0.4) is 0 Å². The summed E-state index contributed by atoms with van der Waals surface area (Å²) >= 11 is 0. The average Bonchev–Trinajstić information content (AvgIpc) is 2.77. The molecule has 0 aromatic heterocycles. The SMILES string of the molecule is COc1ccc(S(=O)(=O)N(CC(O)C(Cc2ccccc2)NC(=O)OC(C)(C)C)OC(C)C)cc1. The highest BCUT2D eigenvalue weighted by molar-refractivity contribution is 7.89. The molecule has 0 heterocycles. The molecule has 2 atom stereocenters. The van der Waals surface area contributed by atoms with Crippen molar-refractivity contribution in [1.82, 2.24) is 9.79 Å². The van der Waals surface area contributed by atoms with Crippen LogP contribution in [-0.2, 0) is 26.0 Å². The molecule has 0 aliphatic rings. The highest BCUT2D eigenvalue weighted by Crippen LogP contribution is 2.22. The quantitative estimate of drug-likeness (QED) is 0.446. The summed E-state index contributed by atoms with van der Waals surface area (Å²) in [7, 11) is -2.64. The molecule has 9 nitrogen and oxygen atoms in total. The molecule has 0 saturated carbocycles. The maximum atomic E-state index is 13.3. The van der Waals surface area contributed by atoms with E-state index in [1.807, 2.05) is 30.3 Å². The van der Waals surface area contributed by atoms with E-state index >= 15 is 0 Å². The molecule has 0 radical (unpaired) electrons. The Balaban J connectivity index is 2.31. The average molecular weight is 509 g/mol. The van der Waals surface area contributed by atoms with Crippen molar-refractivity contribution in [3.63, 3.8) is 0 Å². The smallest absolute Gasteiger partial charge is 0.407 e. The Morgan fingerprint density at radius 2 is 1.66 bits per heavy atom. The largest absolute Gasteiger partial charge is 0.497 e. The summed E-state index contributed by atoms with van der Waals surface area (Å²) in [5.74, 6) is 0.504. The number of alkyl carbamates (subject to hydrolysis) is 1. The lowest BCUT2D eigenvalue weighted by molar-refractivity contribution is -0.136. The van der Waals surface area contributed by atoms with Gasteiger partial charge in [0.05, 0.1) is 36.8 Å². The van der Waals surface area contributed by atoms with Crippen molar-refractivity contribution in [1.29, 1.82) is 0 Å². The van der Waals surface area contributed by atoms with Crippen molar-refractivity contribution in [2.45, 2.75) is 69.8 Å². The number of methoxy groups -OCH3 is 1. The first-order chi connectivity index (χ1) is 16.3. The molecule has 2 aromatic carbocycles. The van der Waals surface area contributed by atoms with Crippen LogP contribution in [-0.4, -0.2) is 61.6 Å². The first-order valence-corrected chi connectivity index (χ1v) is 12.8. The molecule has 1 amide bonds. The summed E-state index contributed by atoms with van der Waals surface area (Å²) in [5, 5.41) is 13.8. The van der Waals surface area contributed by atoms with Gasteiger partial charge in [-0.15, -0.1) is 0 Å². The Morgan fingerprint density at radius 3 is 2.17 bits per heavy atom. The Hall–Kier alpha value is -2.66. The topological polar surface area (TPSA) is 114 Å². The number of aliphatic hydroxyl groups excluding tert-OH is 1. The minimum Gasteiger partial charge on any atom is -0.497 e. The third-order valence-corrected chi connectivity index (χ3v) is 6.39. The third kappa shape index (κ3) is 9.14. The number of hydrogen-bond donors (Lipinski definition) is 2. The second-order valence-corrected chi connectivity index (χ2v) is 11.2. The summed E-state index contributed by atoms with van der Waals surface area (Å²) in [4.78, 5) is 18.1. The van der Waals surface area contributed by atoms with E-state index in [0.717, 1.165) is 10.0 Å². The lowest BCUT2D eigenvalue weighted by Gasteiger charge is -2.30. The van der Waals surface area contributed by atoms with Gasteiger partial charge in [-0.2, -0.15) is 0 Å². The highest BCUT2D eigenvalue weighted by Gasteiger charge is 2.33. The van der Waals surface area contributed by atoms with E-state index in [1.54, 1.807) is 34.6 Å². The molecule has 0 saturated heterocycles. The number of benzene rings is 2. The van der Waals surface area contributed by atoms with Gasteiger partial charge >= 0.3 is 6.09 Å². The lowest BCUT2D eigenvalue weighted by atomic mass is 10.0. The molecular formula is C25H36N2O7S. The first-order valence-electron chi connectivity index (χ1n) is 11.4. The van der Waals surface area contributed by atoms with Crippen molar-refractivity contribution in [2.24, 2.45) is 0 Å². The minimum absolute atomic E-state index is 0.0224. The predicted octanol–water partition coefficient (Wildman–Crippen LogP) is 3.52. The molecular weight excluding hydrogens is 472 g/mol. The van der Waals surface area contributed by atoms with Crippen molar-refractivity contribution in [3.8, 4) is 5.75 Å². The summed E-state index contributed by atoms with van der Waals surface area (Å²) < 4.78 is 37.9. The molecule has 194 valence electrons. The maximum absolute atomic E-state index is 13.3. The van der Waals surface area contributed by atoms with Crippen LogP contribution in [0.15, 0.2) is 59.5 Å². The predicted molar refractivity (Wildman–Crippen MR) is 132 cm³/mol. The van der Waals surface area contributed by atoms with E-state index in [4.69, 9.17) is 14.3 Å². The van der Waals surface area contributed by atoms with Gasteiger partial charge in [0.2, 0.25) is 0 Å². The maximum Gasteiger partial charge on any atom is 0.407 e. The van der Waals surface area contributed by atoms with Gasteiger partial charge in [0.15, 0.2) is 0 Å². The van der Waals surface area contributed by atoms with Gasteiger partial charge in [-0.3, -0.25) is 4.84 Å². The Morgan fingerprint density at radius 1 is 1.06 bits per heavy atom. The van der Waals surface area contributed by atoms with Crippen molar-refractivity contribution in [3.05, 3.63) is 60.2 Å². The van der Waals surface area contributed by atoms with E-state index in [2.05, 4.69) is 5.32 Å². The zero-order chi connectivity index (χ0) is 26.2. The molecule has 2 rings (SSSR count). The second-order valence-electron chi connectivity index (χ2n) is 9.33. The number of hydrogen-bond acceptors (Lipinski definition) is 7. The van der Waals surface area contributed by atoms with Crippen molar-refractivity contribution < 1.29 is 32.6 Å². The Labute approximate surface area is 208 Å². The molecule has 2 aromatic rings. The van der Waals surface area contributed by atoms with Gasteiger partial charge in [-0.05, 0) is 70.9 Å². The standard InChI is InChI=1S/C25H36N2O7S/c1-18(2)34-27(35(30,31)21-14-12-20(32-6)13-15-21)17-23(28)22(16-19-10-8-7-9-11-19)26-24(29)33-25(3,4)5/h7-15,18,22-23,28H,16-17H2,1-6H3,(H,26,29). The molecule has 0 aliphatic heterocycles. The fourth-order valence-electron chi connectivity index (χ4n) is 3.19. The molecule has 2 unspecified atom stereocenters. The van der Waals surface area contributed by atoms with E-state index < -0.39 is 46.5 Å². The first kappa shape index (κ1) is 28.6. The van der Waals surface area contributed by atoms with E-state index in [1.165, 1.54) is 31.4 Å². The number of carbonyl (C=O) groups is 1. The molecule has 0 aliphatic carbocycles. The van der Waals surface area contributed by atoms with Crippen LogP contribution < -0.4 is 10.1 Å². The second kappa shape index (κ2) is 12.3. The number of ether oxygens (including phenoxy) is 2. The van der Waals surface area contributed by atoms with E-state index in [-0.39, 0.29) is 11.3 Å². The highest BCUT2D eigenvalue weighted by atomic mass is 32.2. The van der Waals surface area contributed by atoms with Gasteiger partial charge in [-0.1, -0.05) is 34.8 Å². The van der Waals surface area contributed by atoms with E-state index in [0.29, 0.717) is 5.75 Å². The Kier molecular flexibility index (Phi) is 10.1. The Bertz CT molecular complexity index is 1040. The van der Waals surface area contributed by atoms with Crippen LogP contribution in [0.5, 0.6) is 5.75 Å². The third-order valence-electron chi connectivity index (χ3n) is 4.75. The fourth-order valence-corrected chi connectivity index (χ4v) is 4.54. The number of sulfonamides is 1. The molecule has 10 heteroatoms. The van der Waals surface area contributed by atoms with Crippen molar-refractivity contribution >= 4 is 16.1 Å². The van der Waals surface area contributed by atoms with Crippen molar-refractivity contribution in [2.75, 3.05) is 13.7 Å². The molecule has 35 heavy (non-hydrogen) atoms.